The van der Waals surface area contributed by atoms with Crippen LogP contribution in [0.4, 0.5) is 10.6 Å². The smallest absolute Gasteiger partial charge is 0.407 e. The lowest BCUT2D eigenvalue weighted by Gasteiger charge is -2.11. The minimum absolute atomic E-state index is 0.143. The first-order valence-corrected chi connectivity index (χ1v) is 14.7. The van der Waals surface area contributed by atoms with Gasteiger partial charge >= 0.3 is 6.09 Å². The molecule has 0 aliphatic heterocycles. The number of amides is 2. The number of nitrogens with zero attached hydrogens (tertiary/aromatic N) is 3. The minimum atomic E-state index is -0.447. The molecule has 0 bridgehead atoms. The Hall–Kier alpha value is -5.18. The SMILES string of the molecule is CC(=O)Nc1ccc2ccc(COc3cccc(COC(=O)NCCCCc4cccc(-n5c(C)ccc5C)n4)c3)cc2n1. The predicted octanol–water partition coefficient (Wildman–Crippen LogP) is 6.82. The third-order valence-corrected chi connectivity index (χ3v) is 7.16. The molecule has 0 saturated heterocycles. The number of hydrogen-bond acceptors (Lipinski definition) is 6. The van der Waals surface area contributed by atoms with Crippen molar-refractivity contribution in [1.29, 1.82) is 0 Å². The quantitative estimate of drug-likeness (QED) is 0.154. The number of aryl methyl sites for hydroxylation is 3. The molecule has 0 spiro atoms. The first-order valence-electron chi connectivity index (χ1n) is 14.7. The molecule has 226 valence electrons. The number of rotatable bonds is 12. The van der Waals surface area contributed by atoms with Crippen LogP contribution in [0.15, 0.2) is 84.9 Å². The molecule has 0 unspecified atom stereocenters. The molecule has 2 N–H and O–H groups in total. The number of unbranched alkanes of at least 4 members (excludes halogenated alkanes) is 1. The molecule has 9 heteroatoms. The third-order valence-electron chi connectivity index (χ3n) is 7.16. The maximum Gasteiger partial charge on any atom is 0.407 e. The molecular formula is C35H37N5O4. The Bertz CT molecular complexity index is 1740. The second kappa shape index (κ2) is 14.3. The van der Waals surface area contributed by atoms with Gasteiger partial charge in [0.05, 0.1) is 5.52 Å². The van der Waals surface area contributed by atoms with E-state index in [0.29, 0.717) is 24.7 Å². The molecule has 5 rings (SSSR count). The predicted molar refractivity (Wildman–Crippen MR) is 171 cm³/mol. The second-order valence-corrected chi connectivity index (χ2v) is 10.7. The summed E-state index contributed by atoms with van der Waals surface area (Å²) in [5, 5.41) is 6.51. The highest BCUT2D eigenvalue weighted by molar-refractivity contribution is 5.89. The van der Waals surface area contributed by atoms with Crippen molar-refractivity contribution in [2.45, 2.75) is 53.2 Å². The molecule has 0 fully saturated rings. The second-order valence-electron chi connectivity index (χ2n) is 10.7. The zero-order chi connectivity index (χ0) is 30.9. The van der Waals surface area contributed by atoms with Gasteiger partial charge in [-0.15, -0.1) is 0 Å². The van der Waals surface area contributed by atoms with Gasteiger partial charge in [-0.05, 0) is 98.8 Å². The molecule has 3 aromatic heterocycles. The van der Waals surface area contributed by atoms with Crippen LogP contribution in [0.25, 0.3) is 16.7 Å². The number of fused-ring (bicyclic) bond motifs is 1. The first-order chi connectivity index (χ1) is 21.3. The van der Waals surface area contributed by atoms with Gasteiger partial charge in [0.1, 0.15) is 30.6 Å². The van der Waals surface area contributed by atoms with E-state index in [4.69, 9.17) is 14.5 Å². The first kappa shape index (κ1) is 30.3. The number of hydrogen-bond donors (Lipinski definition) is 2. The van der Waals surface area contributed by atoms with Crippen LogP contribution in [0.1, 0.15) is 48.0 Å². The molecule has 2 amide bonds. The van der Waals surface area contributed by atoms with Crippen molar-refractivity contribution in [2.24, 2.45) is 0 Å². The monoisotopic (exact) mass is 591 g/mol. The summed E-state index contributed by atoms with van der Waals surface area (Å²) in [7, 11) is 0. The molecule has 9 nitrogen and oxygen atoms in total. The summed E-state index contributed by atoms with van der Waals surface area (Å²) in [4.78, 5) is 32.9. The van der Waals surface area contributed by atoms with Gasteiger partial charge in [-0.2, -0.15) is 0 Å². The zero-order valence-electron chi connectivity index (χ0n) is 25.3. The van der Waals surface area contributed by atoms with Crippen LogP contribution >= 0.6 is 0 Å². The van der Waals surface area contributed by atoms with Crippen molar-refractivity contribution in [2.75, 3.05) is 11.9 Å². The topological polar surface area (TPSA) is 107 Å². The fraction of sp³-hybridized carbons (Fsp3) is 0.257. The molecule has 44 heavy (non-hydrogen) atoms. The molecule has 5 aromatic rings. The van der Waals surface area contributed by atoms with Crippen molar-refractivity contribution < 1.29 is 19.1 Å². The summed E-state index contributed by atoms with van der Waals surface area (Å²) in [6.45, 7) is 6.63. The fourth-order valence-corrected chi connectivity index (χ4v) is 4.98. The zero-order valence-corrected chi connectivity index (χ0v) is 25.3. The Morgan fingerprint density at radius 1 is 0.818 bits per heavy atom. The number of ether oxygens (including phenoxy) is 2. The normalized spacial score (nSPS) is 10.9. The van der Waals surface area contributed by atoms with Gasteiger partial charge in [-0.1, -0.05) is 30.3 Å². The highest BCUT2D eigenvalue weighted by Crippen LogP contribution is 2.20. The third kappa shape index (κ3) is 8.22. The van der Waals surface area contributed by atoms with E-state index >= 15 is 0 Å². The van der Waals surface area contributed by atoms with Gasteiger partial charge < -0.3 is 24.7 Å². The Morgan fingerprint density at radius 3 is 2.41 bits per heavy atom. The molecule has 0 saturated carbocycles. The van der Waals surface area contributed by atoms with Gasteiger partial charge in [0.15, 0.2) is 0 Å². The summed E-state index contributed by atoms with van der Waals surface area (Å²) < 4.78 is 13.6. The van der Waals surface area contributed by atoms with Crippen molar-refractivity contribution in [3.8, 4) is 11.6 Å². The van der Waals surface area contributed by atoms with E-state index in [1.165, 1.54) is 6.92 Å². The molecule has 0 atom stereocenters. The van der Waals surface area contributed by atoms with Crippen molar-refractivity contribution in [3.63, 3.8) is 0 Å². The van der Waals surface area contributed by atoms with Gasteiger partial charge in [-0.3, -0.25) is 4.79 Å². The van der Waals surface area contributed by atoms with Crippen molar-refractivity contribution >= 4 is 28.7 Å². The fourth-order valence-electron chi connectivity index (χ4n) is 4.98. The number of alkyl carbamates (subject to hydrolysis) is 1. The molecule has 0 radical (unpaired) electrons. The van der Waals surface area contributed by atoms with Crippen LogP contribution in [0, 0.1) is 13.8 Å². The lowest BCUT2D eigenvalue weighted by atomic mass is 10.1. The molecule has 3 heterocycles. The molecular weight excluding hydrogens is 554 g/mol. The summed E-state index contributed by atoms with van der Waals surface area (Å²) >= 11 is 0. The van der Waals surface area contributed by atoms with Crippen LogP contribution in [0.3, 0.4) is 0 Å². The molecule has 0 aliphatic rings. The van der Waals surface area contributed by atoms with E-state index < -0.39 is 6.09 Å². The van der Waals surface area contributed by atoms with Gasteiger partial charge in [0, 0.05) is 35.9 Å². The number of nitrogens with one attached hydrogen (secondary N) is 2. The standard InChI is InChI=1S/C35H37N5O4/c1-24-13-14-25(2)40(24)34-12-7-10-30(38-34)9-4-5-19-36-35(42)44-23-27-8-6-11-31(20-27)43-22-28-15-16-29-17-18-33(37-26(3)41)39-32(29)21-28/h6-8,10-18,20-21H,4-5,9,19,22-23H2,1-3H3,(H,36,42)(H,37,39,41). The number of aromatic nitrogens is 3. The maximum absolute atomic E-state index is 12.3. The number of carbonyl (C=O) groups excluding carboxylic acids is 2. The van der Waals surface area contributed by atoms with E-state index in [0.717, 1.165) is 64.2 Å². The number of pyridine rings is 2. The van der Waals surface area contributed by atoms with Crippen LogP contribution in [0.5, 0.6) is 5.75 Å². The van der Waals surface area contributed by atoms with E-state index in [1.807, 2.05) is 66.7 Å². The lowest BCUT2D eigenvalue weighted by molar-refractivity contribution is -0.114. The maximum atomic E-state index is 12.3. The Labute approximate surface area is 257 Å². The summed E-state index contributed by atoms with van der Waals surface area (Å²) in [5.41, 5.74) is 5.90. The number of benzene rings is 2. The van der Waals surface area contributed by atoms with Gasteiger partial charge in [0.25, 0.3) is 0 Å². The highest BCUT2D eigenvalue weighted by atomic mass is 16.5. The van der Waals surface area contributed by atoms with Crippen LogP contribution < -0.4 is 15.4 Å². The van der Waals surface area contributed by atoms with Crippen LogP contribution in [0.2, 0.25) is 0 Å². The lowest BCUT2D eigenvalue weighted by Crippen LogP contribution is -2.25. The average Bonchev–Trinajstić information content (AvgIpc) is 3.36. The number of anilines is 1. The Balaban J connectivity index is 1.03. The Morgan fingerprint density at radius 2 is 1.59 bits per heavy atom. The summed E-state index contributed by atoms with van der Waals surface area (Å²) in [6.07, 6.45) is 2.12. The van der Waals surface area contributed by atoms with Gasteiger partial charge in [-0.25, -0.2) is 14.8 Å². The van der Waals surface area contributed by atoms with Gasteiger partial charge in [0.2, 0.25) is 5.91 Å². The molecule has 2 aromatic carbocycles. The van der Waals surface area contributed by atoms with Crippen LogP contribution in [-0.2, 0) is 29.2 Å². The highest BCUT2D eigenvalue weighted by Gasteiger charge is 2.08. The van der Waals surface area contributed by atoms with E-state index in [2.05, 4.69) is 46.2 Å². The van der Waals surface area contributed by atoms with E-state index in [9.17, 15) is 9.59 Å². The van der Waals surface area contributed by atoms with E-state index in [-0.39, 0.29) is 12.5 Å². The van der Waals surface area contributed by atoms with Crippen molar-refractivity contribution in [3.05, 3.63) is 113 Å². The average molecular weight is 592 g/mol. The van der Waals surface area contributed by atoms with Crippen molar-refractivity contribution in [1.82, 2.24) is 19.9 Å². The summed E-state index contributed by atoms with van der Waals surface area (Å²) in [5.74, 6) is 1.95. The largest absolute Gasteiger partial charge is 0.489 e. The minimum Gasteiger partial charge on any atom is -0.489 e. The molecule has 0 aliphatic carbocycles. The van der Waals surface area contributed by atoms with E-state index in [1.54, 1.807) is 6.07 Å². The van der Waals surface area contributed by atoms with Crippen LogP contribution in [-0.4, -0.2) is 33.1 Å². The Kier molecular flexibility index (Phi) is 9.86. The number of carbonyl (C=O) groups is 2. The summed E-state index contributed by atoms with van der Waals surface area (Å²) in [6, 6.07) is 27.4.